The minimum atomic E-state index is -1.22. The van der Waals surface area contributed by atoms with Crippen LogP contribution in [-0.4, -0.2) is 27.2 Å². The van der Waals surface area contributed by atoms with Crippen molar-refractivity contribution in [1.29, 1.82) is 0 Å². The molecule has 3 rings (SSSR count). The number of nitrogens with one attached hydrogen (secondary N) is 3. The zero-order valence-corrected chi connectivity index (χ0v) is 16.8. The maximum atomic E-state index is 14.2. The first-order chi connectivity index (χ1) is 15.1. The van der Waals surface area contributed by atoms with E-state index in [0.717, 1.165) is 12.1 Å². The Balaban J connectivity index is 1.88. The molecule has 32 heavy (non-hydrogen) atoms. The fourth-order valence-electron chi connectivity index (χ4n) is 3.17. The third-order valence-electron chi connectivity index (χ3n) is 4.60. The van der Waals surface area contributed by atoms with Crippen LogP contribution in [-0.2, 0) is 4.79 Å². The average molecular weight is 443 g/mol. The first-order valence-electron chi connectivity index (χ1n) is 9.41. The number of amides is 2. The number of aromatic nitrogens is 1. The van der Waals surface area contributed by atoms with Gasteiger partial charge in [-0.05, 0) is 36.2 Å². The van der Waals surface area contributed by atoms with E-state index in [1.54, 1.807) is 19.1 Å². The van der Waals surface area contributed by atoms with Gasteiger partial charge in [0.2, 0.25) is 0 Å². The summed E-state index contributed by atoms with van der Waals surface area (Å²) < 4.78 is 27.4. The predicted octanol–water partition coefficient (Wildman–Crippen LogP) is 3.67. The summed E-state index contributed by atoms with van der Waals surface area (Å²) in [6.45, 7) is 1.55. The molecule has 0 fully saturated rings. The number of aryl methyl sites for hydroxylation is 1. The largest absolute Gasteiger partial charge is 0.505 e. The molecule has 1 unspecified atom stereocenters. The third kappa shape index (κ3) is 5.28. The summed E-state index contributed by atoms with van der Waals surface area (Å²) in [6.07, 6.45) is -0.515. The molecule has 3 aromatic rings. The maximum absolute atomic E-state index is 14.2. The van der Waals surface area contributed by atoms with Crippen molar-refractivity contribution < 1.29 is 28.6 Å². The van der Waals surface area contributed by atoms with Crippen LogP contribution in [0.15, 0.2) is 53.3 Å². The molecular formula is C22H19F2N3O5. The van der Waals surface area contributed by atoms with Crippen molar-refractivity contribution in [2.75, 3.05) is 5.32 Å². The normalized spacial score (nSPS) is 11.6. The molecule has 0 saturated carbocycles. The second-order valence-electron chi connectivity index (χ2n) is 7.04. The fourth-order valence-corrected chi connectivity index (χ4v) is 3.17. The van der Waals surface area contributed by atoms with Gasteiger partial charge in [0, 0.05) is 23.4 Å². The molecule has 1 heterocycles. The Bertz CT molecular complexity index is 1240. The lowest BCUT2D eigenvalue weighted by atomic mass is 9.97. The van der Waals surface area contributed by atoms with Crippen LogP contribution in [0.25, 0.3) is 11.1 Å². The summed E-state index contributed by atoms with van der Waals surface area (Å²) in [6, 6.07) is 8.44. The van der Waals surface area contributed by atoms with E-state index in [1.165, 1.54) is 24.3 Å². The van der Waals surface area contributed by atoms with Crippen LogP contribution < -0.4 is 16.2 Å². The second-order valence-corrected chi connectivity index (χ2v) is 7.04. The van der Waals surface area contributed by atoms with Gasteiger partial charge in [0.25, 0.3) is 5.56 Å². The van der Waals surface area contributed by atoms with Crippen LogP contribution in [0.1, 0.15) is 23.7 Å². The molecule has 0 spiro atoms. The van der Waals surface area contributed by atoms with E-state index >= 15 is 0 Å². The Morgan fingerprint density at radius 3 is 2.53 bits per heavy atom. The van der Waals surface area contributed by atoms with Gasteiger partial charge in [0.15, 0.2) is 5.69 Å². The van der Waals surface area contributed by atoms with E-state index < -0.39 is 53.1 Å². The van der Waals surface area contributed by atoms with Crippen LogP contribution in [0, 0.1) is 18.6 Å². The summed E-state index contributed by atoms with van der Waals surface area (Å²) in [5.41, 5.74) is 0.0384. The van der Waals surface area contributed by atoms with Gasteiger partial charge in [0.05, 0.1) is 12.5 Å². The van der Waals surface area contributed by atoms with E-state index in [0.29, 0.717) is 16.8 Å². The third-order valence-corrected chi connectivity index (χ3v) is 4.60. The highest BCUT2D eigenvalue weighted by atomic mass is 19.1. The lowest BCUT2D eigenvalue weighted by Gasteiger charge is -2.19. The van der Waals surface area contributed by atoms with E-state index in [4.69, 9.17) is 0 Å². The number of urea groups is 1. The van der Waals surface area contributed by atoms with E-state index in [9.17, 15) is 33.4 Å². The molecule has 1 aromatic heterocycles. The molecule has 0 aliphatic heterocycles. The van der Waals surface area contributed by atoms with Crippen LogP contribution in [0.4, 0.5) is 19.3 Å². The van der Waals surface area contributed by atoms with E-state index in [2.05, 4.69) is 15.6 Å². The Hall–Kier alpha value is -4.21. The number of halogens is 2. The Morgan fingerprint density at radius 1 is 1.12 bits per heavy atom. The summed E-state index contributed by atoms with van der Waals surface area (Å²) in [5.74, 6) is -3.20. The standard InChI is InChI=1S/C22H19F2N3O5/c1-11-7-18(28)20(21(31)25-11)27-22(32)26-17(10-19(29)30)13-4-2-3-12(8-13)15-6-5-14(23)9-16(15)24/h2-9,17H,10H2,1H3,(H,29,30)(H2,25,28,31)(H2,26,27,32). The number of anilines is 1. The van der Waals surface area contributed by atoms with Crippen molar-refractivity contribution in [1.82, 2.24) is 10.3 Å². The highest BCUT2D eigenvalue weighted by molar-refractivity contribution is 5.91. The number of aromatic amines is 1. The molecule has 0 aliphatic carbocycles. The molecule has 8 nitrogen and oxygen atoms in total. The van der Waals surface area contributed by atoms with Crippen molar-refractivity contribution in [3.8, 4) is 16.9 Å². The highest BCUT2D eigenvalue weighted by Gasteiger charge is 2.21. The highest BCUT2D eigenvalue weighted by Crippen LogP contribution is 2.27. The maximum Gasteiger partial charge on any atom is 0.319 e. The number of hydrogen-bond donors (Lipinski definition) is 5. The van der Waals surface area contributed by atoms with Gasteiger partial charge < -0.3 is 25.8 Å². The number of pyridine rings is 1. The number of benzene rings is 2. The predicted molar refractivity (Wildman–Crippen MR) is 112 cm³/mol. The molecule has 0 aliphatic rings. The summed E-state index contributed by atoms with van der Waals surface area (Å²) in [7, 11) is 0. The van der Waals surface area contributed by atoms with Gasteiger partial charge in [-0.2, -0.15) is 0 Å². The van der Waals surface area contributed by atoms with Gasteiger partial charge >= 0.3 is 12.0 Å². The molecule has 5 N–H and O–H groups in total. The summed E-state index contributed by atoms with van der Waals surface area (Å²) in [4.78, 5) is 38.2. The van der Waals surface area contributed by atoms with Crippen molar-refractivity contribution in [3.05, 3.63) is 81.8 Å². The Kier molecular flexibility index (Phi) is 6.53. The van der Waals surface area contributed by atoms with Crippen molar-refractivity contribution in [3.63, 3.8) is 0 Å². The second kappa shape index (κ2) is 9.29. The number of hydrogen-bond acceptors (Lipinski definition) is 4. The molecule has 1 atom stereocenters. The van der Waals surface area contributed by atoms with Gasteiger partial charge in [0.1, 0.15) is 17.4 Å². The number of aromatic hydroxyl groups is 1. The number of carboxylic acid groups (broad SMARTS) is 1. The van der Waals surface area contributed by atoms with E-state index in [-0.39, 0.29) is 5.56 Å². The Morgan fingerprint density at radius 2 is 1.88 bits per heavy atom. The number of carbonyl (C=O) groups is 2. The summed E-state index contributed by atoms with van der Waals surface area (Å²) in [5, 5.41) is 23.8. The average Bonchev–Trinajstić information content (AvgIpc) is 2.70. The van der Waals surface area contributed by atoms with Crippen LogP contribution in [0.2, 0.25) is 0 Å². The van der Waals surface area contributed by atoms with Crippen molar-refractivity contribution >= 4 is 17.7 Å². The van der Waals surface area contributed by atoms with Crippen LogP contribution in [0.5, 0.6) is 5.75 Å². The number of carboxylic acids is 1. The smallest absolute Gasteiger partial charge is 0.319 e. The first-order valence-corrected chi connectivity index (χ1v) is 9.41. The number of carbonyl (C=O) groups excluding carboxylic acids is 1. The zero-order valence-electron chi connectivity index (χ0n) is 16.8. The monoisotopic (exact) mass is 443 g/mol. The minimum absolute atomic E-state index is 0.0999. The molecule has 10 heteroatoms. The molecule has 0 radical (unpaired) electrons. The number of H-pyrrole nitrogens is 1. The van der Waals surface area contributed by atoms with Gasteiger partial charge in [-0.3, -0.25) is 9.59 Å². The quantitative estimate of drug-likeness (QED) is 0.397. The molecule has 2 aromatic carbocycles. The zero-order chi connectivity index (χ0) is 23.4. The SMILES string of the molecule is Cc1cc(O)c(NC(=O)NC(CC(=O)O)c2cccc(-c3ccc(F)cc3F)c2)c(=O)[nH]1. The number of aliphatic carboxylic acids is 1. The van der Waals surface area contributed by atoms with Gasteiger partial charge in [-0.25, -0.2) is 13.6 Å². The molecule has 166 valence electrons. The molecular weight excluding hydrogens is 424 g/mol. The molecule has 0 saturated heterocycles. The van der Waals surface area contributed by atoms with Crippen molar-refractivity contribution in [2.45, 2.75) is 19.4 Å². The van der Waals surface area contributed by atoms with Gasteiger partial charge in [-0.1, -0.05) is 18.2 Å². The Labute approximate surface area is 180 Å². The van der Waals surface area contributed by atoms with Crippen molar-refractivity contribution in [2.24, 2.45) is 0 Å². The van der Waals surface area contributed by atoms with E-state index in [1.807, 2.05) is 0 Å². The molecule has 2 amide bonds. The van der Waals surface area contributed by atoms with Gasteiger partial charge in [-0.15, -0.1) is 0 Å². The minimum Gasteiger partial charge on any atom is -0.505 e. The van der Waals surface area contributed by atoms with Crippen LogP contribution >= 0.6 is 0 Å². The molecule has 0 bridgehead atoms. The summed E-state index contributed by atoms with van der Waals surface area (Å²) >= 11 is 0. The number of rotatable bonds is 6. The lowest BCUT2D eigenvalue weighted by Crippen LogP contribution is -2.35. The first kappa shape index (κ1) is 22.5. The van der Waals surface area contributed by atoms with Crippen LogP contribution in [0.3, 0.4) is 0 Å². The lowest BCUT2D eigenvalue weighted by molar-refractivity contribution is -0.137. The topological polar surface area (TPSA) is 132 Å². The fraction of sp³-hybridized carbons (Fsp3) is 0.136.